The Morgan fingerprint density at radius 3 is 2.58 bits per heavy atom. The highest BCUT2D eigenvalue weighted by molar-refractivity contribution is 6.07. The molecule has 1 aromatic heterocycles. The molecule has 0 aliphatic carbocycles. The quantitative estimate of drug-likeness (QED) is 0.889. The lowest BCUT2D eigenvalue weighted by Crippen LogP contribution is -2.18. The number of amides is 1. The van der Waals surface area contributed by atoms with Crippen LogP contribution in [0.3, 0.4) is 0 Å². The Labute approximate surface area is 108 Å². The van der Waals surface area contributed by atoms with Crippen LogP contribution in [0, 0.1) is 5.82 Å². The molecule has 1 heterocycles. The molecule has 2 aromatic rings. The predicted molar refractivity (Wildman–Crippen MR) is 66.7 cm³/mol. The minimum Gasteiger partial charge on any atom is -0.478 e. The van der Waals surface area contributed by atoms with Crippen molar-refractivity contribution in [3.63, 3.8) is 0 Å². The maximum Gasteiger partial charge on any atom is 0.337 e. The van der Waals surface area contributed by atoms with E-state index in [1.54, 1.807) is 29.9 Å². The molecule has 6 heteroatoms. The van der Waals surface area contributed by atoms with Gasteiger partial charge in [0.25, 0.3) is 5.91 Å². The third kappa shape index (κ3) is 2.47. The maximum atomic E-state index is 13.6. The van der Waals surface area contributed by atoms with Gasteiger partial charge in [-0.25, -0.2) is 9.18 Å². The van der Waals surface area contributed by atoms with E-state index < -0.39 is 17.7 Å². The minimum absolute atomic E-state index is 0.289. The lowest BCUT2D eigenvalue weighted by Gasteiger charge is -2.09. The van der Waals surface area contributed by atoms with Crippen molar-refractivity contribution in [1.82, 2.24) is 4.57 Å². The smallest absolute Gasteiger partial charge is 0.337 e. The van der Waals surface area contributed by atoms with Crippen LogP contribution in [0.4, 0.5) is 10.1 Å². The number of aryl methyl sites for hydroxylation is 1. The summed E-state index contributed by atoms with van der Waals surface area (Å²) in [7, 11) is 1.66. The largest absolute Gasteiger partial charge is 0.478 e. The van der Waals surface area contributed by atoms with Gasteiger partial charge in [-0.05, 0) is 24.3 Å². The highest BCUT2D eigenvalue weighted by atomic mass is 19.1. The molecular weight excluding hydrogens is 251 g/mol. The Bertz CT molecular complexity index is 649. The second kappa shape index (κ2) is 4.93. The number of halogens is 1. The summed E-state index contributed by atoms with van der Waals surface area (Å²) in [4.78, 5) is 22.9. The molecular formula is C13H11FN2O3. The van der Waals surface area contributed by atoms with Crippen LogP contribution in [-0.4, -0.2) is 21.6 Å². The summed E-state index contributed by atoms with van der Waals surface area (Å²) in [6, 6.07) is 6.81. The van der Waals surface area contributed by atoms with Crippen molar-refractivity contribution in [3.05, 3.63) is 53.6 Å². The van der Waals surface area contributed by atoms with Gasteiger partial charge in [-0.3, -0.25) is 4.79 Å². The van der Waals surface area contributed by atoms with Gasteiger partial charge in [0, 0.05) is 13.2 Å². The van der Waals surface area contributed by atoms with Crippen molar-refractivity contribution < 1.29 is 19.1 Å². The number of carbonyl (C=O) groups is 2. The molecule has 1 aromatic carbocycles. The molecule has 0 aliphatic heterocycles. The van der Waals surface area contributed by atoms with E-state index in [-0.39, 0.29) is 11.3 Å². The van der Waals surface area contributed by atoms with E-state index in [1.807, 2.05) is 0 Å². The van der Waals surface area contributed by atoms with Gasteiger partial charge in [0.2, 0.25) is 0 Å². The van der Waals surface area contributed by atoms with Crippen LogP contribution in [0.25, 0.3) is 0 Å². The molecule has 2 N–H and O–H groups in total. The first-order chi connectivity index (χ1) is 9.00. The van der Waals surface area contributed by atoms with Gasteiger partial charge >= 0.3 is 5.97 Å². The van der Waals surface area contributed by atoms with E-state index in [2.05, 4.69) is 5.32 Å². The number of carbonyl (C=O) groups excluding carboxylic acids is 1. The monoisotopic (exact) mass is 262 g/mol. The Kier molecular flexibility index (Phi) is 3.33. The van der Waals surface area contributed by atoms with Gasteiger partial charge in [0.05, 0.1) is 11.3 Å². The third-order valence-corrected chi connectivity index (χ3v) is 2.66. The van der Waals surface area contributed by atoms with Crippen LogP contribution in [0.5, 0.6) is 0 Å². The van der Waals surface area contributed by atoms with Gasteiger partial charge in [0.1, 0.15) is 11.5 Å². The number of aromatic carboxylic acids is 1. The van der Waals surface area contributed by atoms with Crippen molar-refractivity contribution in [3.8, 4) is 0 Å². The van der Waals surface area contributed by atoms with Gasteiger partial charge in [-0.15, -0.1) is 0 Å². The molecule has 19 heavy (non-hydrogen) atoms. The molecule has 0 spiro atoms. The summed E-state index contributed by atoms with van der Waals surface area (Å²) in [5.74, 6) is -2.66. The molecule has 0 saturated heterocycles. The molecule has 0 radical (unpaired) electrons. The van der Waals surface area contributed by atoms with Crippen LogP contribution in [0.2, 0.25) is 0 Å². The highest BCUT2D eigenvalue weighted by Gasteiger charge is 2.18. The molecule has 2 rings (SSSR count). The Balaban J connectivity index is 2.36. The number of carboxylic acids is 1. The van der Waals surface area contributed by atoms with E-state index in [4.69, 9.17) is 5.11 Å². The first kappa shape index (κ1) is 12.8. The van der Waals surface area contributed by atoms with Crippen LogP contribution < -0.4 is 5.32 Å². The molecule has 0 saturated carbocycles. The summed E-state index contributed by atoms with van der Waals surface area (Å²) in [5, 5.41) is 11.3. The maximum absolute atomic E-state index is 13.6. The predicted octanol–water partition coefficient (Wildman–Crippen LogP) is 2.11. The molecule has 0 bridgehead atoms. The van der Waals surface area contributed by atoms with Crippen molar-refractivity contribution in [2.24, 2.45) is 7.05 Å². The average molecular weight is 262 g/mol. The summed E-state index contributed by atoms with van der Waals surface area (Å²) in [5.41, 5.74) is -0.316. The van der Waals surface area contributed by atoms with E-state index in [0.29, 0.717) is 5.69 Å². The number of para-hydroxylation sites is 1. The molecule has 0 fully saturated rings. The fourth-order valence-electron chi connectivity index (χ4n) is 1.70. The number of nitrogens with zero attached hydrogens (tertiary/aromatic N) is 1. The van der Waals surface area contributed by atoms with E-state index in [0.717, 1.165) is 6.07 Å². The Hall–Kier alpha value is -2.63. The fraction of sp³-hybridized carbons (Fsp3) is 0.0769. The summed E-state index contributed by atoms with van der Waals surface area (Å²) < 4.78 is 15.2. The number of hydrogen-bond donors (Lipinski definition) is 2. The minimum atomic E-state index is -1.30. The van der Waals surface area contributed by atoms with Crippen molar-refractivity contribution in [1.29, 1.82) is 0 Å². The van der Waals surface area contributed by atoms with E-state index >= 15 is 0 Å². The molecule has 1 amide bonds. The SMILES string of the molecule is Cn1cccc1C(=O)Nc1c(F)cccc1C(=O)O. The fourth-order valence-corrected chi connectivity index (χ4v) is 1.70. The van der Waals surface area contributed by atoms with Crippen molar-refractivity contribution in [2.45, 2.75) is 0 Å². The number of hydrogen-bond acceptors (Lipinski definition) is 2. The zero-order chi connectivity index (χ0) is 14.0. The van der Waals surface area contributed by atoms with Crippen LogP contribution in [-0.2, 0) is 7.05 Å². The number of anilines is 1. The molecule has 0 unspecified atom stereocenters. The van der Waals surface area contributed by atoms with E-state index in [1.165, 1.54) is 12.1 Å². The second-order valence-corrected chi connectivity index (χ2v) is 3.93. The molecule has 5 nitrogen and oxygen atoms in total. The Morgan fingerprint density at radius 2 is 2.00 bits per heavy atom. The van der Waals surface area contributed by atoms with Gasteiger partial charge in [-0.2, -0.15) is 0 Å². The van der Waals surface area contributed by atoms with Crippen LogP contribution in [0.1, 0.15) is 20.8 Å². The van der Waals surface area contributed by atoms with Crippen molar-refractivity contribution >= 4 is 17.6 Å². The molecule has 0 aliphatic rings. The number of aromatic nitrogens is 1. The first-order valence-electron chi connectivity index (χ1n) is 5.45. The normalized spacial score (nSPS) is 10.2. The van der Waals surface area contributed by atoms with Gasteiger partial charge < -0.3 is 15.0 Å². The zero-order valence-electron chi connectivity index (χ0n) is 10.1. The molecule has 0 atom stereocenters. The van der Waals surface area contributed by atoms with Crippen LogP contribution in [0.15, 0.2) is 36.5 Å². The number of rotatable bonds is 3. The number of nitrogens with one attached hydrogen (secondary N) is 1. The Morgan fingerprint density at radius 1 is 1.26 bits per heavy atom. The standard InChI is InChI=1S/C13H11FN2O3/c1-16-7-3-6-10(16)12(17)15-11-8(13(18)19)4-2-5-9(11)14/h2-7H,1H3,(H,15,17)(H,18,19). The average Bonchev–Trinajstić information content (AvgIpc) is 2.77. The summed E-state index contributed by atoms with van der Waals surface area (Å²) >= 11 is 0. The topological polar surface area (TPSA) is 71.3 Å². The third-order valence-electron chi connectivity index (χ3n) is 2.66. The van der Waals surface area contributed by atoms with Gasteiger partial charge in [0.15, 0.2) is 0 Å². The lowest BCUT2D eigenvalue weighted by molar-refractivity contribution is 0.0697. The zero-order valence-corrected chi connectivity index (χ0v) is 10.1. The van der Waals surface area contributed by atoms with Crippen LogP contribution >= 0.6 is 0 Å². The summed E-state index contributed by atoms with van der Waals surface area (Å²) in [6.45, 7) is 0. The number of benzene rings is 1. The molecule has 98 valence electrons. The lowest BCUT2D eigenvalue weighted by atomic mass is 10.1. The van der Waals surface area contributed by atoms with Gasteiger partial charge in [-0.1, -0.05) is 6.07 Å². The highest BCUT2D eigenvalue weighted by Crippen LogP contribution is 2.20. The number of carboxylic acid groups (broad SMARTS) is 1. The van der Waals surface area contributed by atoms with Crippen molar-refractivity contribution in [2.75, 3.05) is 5.32 Å². The summed E-state index contributed by atoms with van der Waals surface area (Å²) in [6.07, 6.45) is 1.66. The second-order valence-electron chi connectivity index (χ2n) is 3.93. The van der Waals surface area contributed by atoms with E-state index in [9.17, 15) is 14.0 Å². The first-order valence-corrected chi connectivity index (χ1v) is 5.45.